The summed E-state index contributed by atoms with van der Waals surface area (Å²) in [5.74, 6) is 0.0418. The molecule has 0 radical (unpaired) electrons. The molecule has 0 unspecified atom stereocenters. The molecule has 5 aromatic rings. The van der Waals surface area contributed by atoms with E-state index in [-0.39, 0.29) is 28.4 Å². The third-order valence-electron chi connectivity index (χ3n) is 6.76. The Balaban J connectivity index is 1.56. The van der Waals surface area contributed by atoms with Crippen LogP contribution in [-0.2, 0) is 30.7 Å². The quantitative estimate of drug-likeness (QED) is 0.303. The molecule has 204 valence electrons. The van der Waals surface area contributed by atoms with Gasteiger partial charge in [0.15, 0.2) is 0 Å². The number of imidazole rings is 1. The number of nitrogens with one attached hydrogen (secondary N) is 1. The van der Waals surface area contributed by atoms with Crippen LogP contribution in [-0.4, -0.2) is 30.6 Å². The van der Waals surface area contributed by atoms with Crippen LogP contribution in [0.25, 0.3) is 11.0 Å². The molecule has 10 heteroatoms. The Hall–Kier alpha value is -4.83. The predicted octanol–water partition coefficient (Wildman–Crippen LogP) is 4.53. The molecule has 0 bridgehead atoms. The van der Waals surface area contributed by atoms with Crippen LogP contribution in [0, 0.1) is 0 Å². The van der Waals surface area contributed by atoms with E-state index in [1.165, 1.54) is 32.7 Å². The minimum atomic E-state index is -4.09. The van der Waals surface area contributed by atoms with Gasteiger partial charge in [-0.15, -0.1) is 0 Å². The number of sulfonamides is 1. The van der Waals surface area contributed by atoms with E-state index in [1.54, 1.807) is 68.7 Å². The number of amides is 1. The molecule has 0 aliphatic carbocycles. The third-order valence-corrected chi connectivity index (χ3v) is 8.54. The second-order valence-corrected chi connectivity index (χ2v) is 11.1. The number of hydrogen-bond donors (Lipinski definition) is 1. The Bertz CT molecular complexity index is 1860. The van der Waals surface area contributed by atoms with E-state index in [1.807, 2.05) is 30.3 Å². The van der Waals surface area contributed by atoms with Crippen LogP contribution >= 0.6 is 0 Å². The summed E-state index contributed by atoms with van der Waals surface area (Å²) in [7, 11) is 0.772. The van der Waals surface area contributed by atoms with Crippen molar-refractivity contribution in [1.29, 1.82) is 0 Å². The minimum Gasteiger partial charge on any atom is -0.497 e. The van der Waals surface area contributed by atoms with Crippen LogP contribution < -0.4 is 20.0 Å². The van der Waals surface area contributed by atoms with Gasteiger partial charge in [0.2, 0.25) is 0 Å². The van der Waals surface area contributed by atoms with Gasteiger partial charge in [-0.3, -0.25) is 18.2 Å². The lowest BCUT2D eigenvalue weighted by molar-refractivity contribution is 0.102. The zero-order valence-electron chi connectivity index (χ0n) is 22.2. The van der Waals surface area contributed by atoms with Gasteiger partial charge < -0.3 is 10.1 Å². The number of benzene rings is 4. The maximum Gasteiger partial charge on any atom is 0.328 e. The van der Waals surface area contributed by atoms with Gasteiger partial charge in [-0.1, -0.05) is 42.5 Å². The van der Waals surface area contributed by atoms with Gasteiger partial charge in [0.25, 0.3) is 15.9 Å². The first-order chi connectivity index (χ1) is 19.2. The smallest absolute Gasteiger partial charge is 0.328 e. The Kier molecular flexibility index (Phi) is 7.19. The molecule has 1 heterocycles. The topological polar surface area (TPSA) is 103 Å². The monoisotopic (exact) mass is 556 g/mol. The molecule has 0 spiro atoms. The van der Waals surface area contributed by atoms with E-state index in [0.717, 1.165) is 11.1 Å². The highest BCUT2D eigenvalue weighted by molar-refractivity contribution is 7.92. The first-order valence-corrected chi connectivity index (χ1v) is 13.9. The summed E-state index contributed by atoms with van der Waals surface area (Å²) in [6, 6.07) is 27.1. The Morgan fingerprint density at radius 2 is 1.50 bits per heavy atom. The largest absolute Gasteiger partial charge is 0.497 e. The second kappa shape index (κ2) is 10.7. The van der Waals surface area contributed by atoms with Crippen molar-refractivity contribution in [2.45, 2.75) is 11.4 Å². The van der Waals surface area contributed by atoms with Gasteiger partial charge >= 0.3 is 5.69 Å². The summed E-state index contributed by atoms with van der Waals surface area (Å²) in [5, 5.41) is 2.87. The lowest BCUT2D eigenvalue weighted by atomic mass is 10.1. The zero-order valence-corrected chi connectivity index (χ0v) is 23.1. The summed E-state index contributed by atoms with van der Waals surface area (Å²) in [6.45, 7) is 0.0115. The van der Waals surface area contributed by atoms with E-state index in [2.05, 4.69) is 5.32 Å². The molecule has 0 aliphatic heterocycles. The fraction of sp³-hybridized carbons (Fsp3) is 0.133. The number of nitrogens with zero attached hydrogens (tertiary/aromatic N) is 3. The molecule has 0 atom stereocenters. The Morgan fingerprint density at radius 1 is 0.850 bits per heavy atom. The number of hydrogen-bond acceptors (Lipinski definition) is 5. The van der Waals surface area contributed by atoms with E-state index in [4.69, 9.17) is 4.74 Å². The standard InChI is InChI=1S/C30H28N4O5S/c1-32-27-18-13-22(19-28(27)33(2)30(32)36)31-29(35)25-11-7-8-12-26(25)34(20-21-9-5-4-6-10-21)40(37,38)24-16-14-23(39-3)15-17-24/h4-19H,20H2,1-3H3,(H,31,35). The molecule has 1 N–H and O–H groups in total. The number of anilines is 2. The predicted molar refractivity (Wildman–Crippen MR) is 155 cm³/mol. The molecule has 9 nitrogen and oxygen atoms in total. The number of rotatable bonds is 8. The lowest BCUT2D eigenvalue weighted by Gasteiger charge is -2.26. The highest BCUT2D eigenvalue weighted by Gasteiger charge is 2.29. The molecule has 0 fully saturated rings. The van der Waals surface area contributed by atoms with E-state index in [0.29, 0.717) is 17.0 Å². The SMILES string of the molecule is COc1ccc(S(=O)(=O)N(Cc2ccccc2)c2ccccc2C(=O)Nc2ccc3c(c2)n(C)c(=O)n3C)cc1. The molecule has 0 aliphatic rings. The fourth-order valence-electron chi connectivity index (χ4n) is 4.59. The van der Waals surface area contributed by atoms with Gasteiger partial charge in [0.05, 0.1) is 40.8 Å². The van der Waals surface area contributed by atoms with E-state index >= 15 is 0 Å². The summed E-state index contributed by atoms with van der Waals surface area (Å²) < 4.78 is 37.5. The van der Waals surface area contributed by atoms with Gasteiger partial charge in [-0.25, -0.2) is 13.2 Å². The molecule has 1 amide bonds. The number of para-hydroxylation sites is 1. The summed E-state index contributed by atoms with van der Waals surface area (Å²) in [4.78, 5) is 26.0. The number of methoxy groups -OCH3 is 1. The van der Waals surface area contributed by atoms with Gasteiger partial charge in [0, 0.05) is 19.8 Å². The van der Waals surface area contributed by atoms with Crippen LogP contribution in [0.3, 0.4) is 0 Å². The Labute approximate surface area is 231 Å². The molecule has 4 aromatic carbocycles. The number of aryl methyl sites for hydroxylation is 2. The third kappa shape index (κ3) is 4.96. The van der Waals surface area contributed by atoms with Gasteiger partial charge in [0.1, 0.15) is 5.75 Å². The molecule has 40 heavy (non-hydrogen) atoms. The van der Waals surface area contributed by atoms with Gasteiger partial charge in [-0.05, 0) is 60.2 Å². The van der Waals surface area contributed by atoms with Crippen LogP contribution in [0.4, 0.5) is 11.4 Å². The van der Waals surface area contributed by atoms with E-state index < -0.39 is 15.9 Å². The number of carbonyl (C=O) groups excluding carboxylic acids is 1. The van der Waals surface area contributed by atoms with E-state index in [9.17, 15) is 18.0 Å². The normalized spacial score (nSPS) is 11.4. The fourth-order valence-corrected chi connectivity index (χ4v) is 6.06. The van der Waals surface area contributed by atoms with Crippen molar-refractivity contribution >= 4 is 38.3 Å². The van der Waals surface area contributed by atoms with Crippen LogP contribution in [0.2, 0.25) is 0 Å². The Morgan fingerprint density at radius 3 is 2.20 bits per heavy atom. The van der Waals surface area contributed by atoms with Crippen molar-refractivity contribution < 1.29 is 17.9 Å². The first-order valence-electron chi connectivity index (χ1n) is 12.5. The zero-order chi connectivity index (χ0) is 28.4. The van der Waals surface area contributed by atoms with Crippen molar-refractivity contribution in [2.24, 2.45) is 14.1 Å². The number of fused-ring (bicyclic) bond motifs is 1. The number of carbonyl (C=O) groups is 1. The molecule has 1 aromatic heterocycles. The highest BCUT2D eigenvalue weighted by atomic mass is 32.2. The first kappa shape index (κ1) is 26.8. The maximum absolute atomic E-state index is 14.0. The van der Waals surface area contributed by atoms with Crippen molar-refractivity contribution in [1.82, 2.24) is 9.13 Å². The molecular formula is C30H28N4O5S. The van der Waals surface area contributed by atoms with Crippen LogP contribution in [0.5, 0.6) is 5.75 Å². The van der Waals surface area contributed by atoms with Crippen molar-refractivity contribution in [2.75, 3.05) is 16.7 Å². The average molecular weight is 557 g/mol. The molecule has 5 rings (SSSR count). The van der Waals surface area contributed by atoms with Crippen molar-refractivity contribution in [3.05, 3.63) is 119 Å². The summed E-state index contributed by atoms with van der Waals surface area (Å²) in [6.07, 6.45) is 0. The molecule has 0 saturated carbocycles. The van der Waals surface area contributed by atoms with Crippen LogP contribution in [0.15, 0.2) is 107 Å². The van der Waals surface area contributed by atoms with Crippen molar-refractivity contribution in [3.8, 4) is 5.75 Å². The highest BCUT2D eigenvalue weighted by Crippen LogP contribution is 2.31. The second-order valence-electron chi connectivity index (χ2n) is 9.25. The summed E-state index contributed by atoms with van der Waals surface area (Å²) >= 11 is 0. The maximum atomic E-state index is 14.0. The number of aromatic nitrogens is 2. The van der Waals surface area contributed by atoms with Crippen LogP contribution in [0.1, 0.15) is 15.9 Å². The molecule has 0 saturated heterocycles. The summed E-state index contributed by atoms with van der Waals surface area (Å²) in [5.41, 5.74) is 2.85. The van der Waals surface area contributed by atoms with Crippen molar-refractivity contribution in [3.63, 3.8) is 0 Å². The number of ether oxygens (including phenoxy) is 1. The minimum absolute atomic E-state index is 0.0115. The van der Waals surface area contributed by atoms with Gasteiger partial charge in [-0.2, -0.15) is 0 Å². The average Bonchev–Trinajstić information content (AvgIpc) is 3.19. The lowest BCUT2D eigenvalue weighted by Crippen LogP contribution is -2.32. The molecular weight excluding hydrogens is 528 g/mol.